The van der Waals surface area contributed by atoms with Crippen molar-refractivity contribution in [3.05, 3.63) is 41.5 Å². The minimum absolute atomic E-state index is 0.338. The lowest BCUT2D eigenvalue weighted by atomic mass is 10.0. The number of carbonyl (C=O) groups excluding carboxylic acids is 1. The van der Waals surface area contributed by atoms with Gasteiger partial charge in [-0.2, -0.15) is 0 Å². The molecule has 1 fully saturated rings. The first-order chi connectivity index (χ1) is 10.2. The molecule has 1 saturated heterocycles. The van der Waals surface area contributed by atoms with Crippen molar-refractivity contribution >= 4 is 12.0 Å². The zero-order valence-corrected chi connectivity index (χ0v) is 12.4. The second-order valence-corrected chi connectivity index (χ2v) is 5.17. The maximum atomic E-state index is 11.1. The number of benzene rings is 1. The smallest absolute Gasteiger partial charge is 0.330 e. The maximum Gasteiger partial charge on any atom is 0.330 e. The molecule has 110 valence electrons. The molecular weight excluding hydrogens is 262 g/mol. The van der Waals surface area contributed by atoms with Gasteiger partial charge < -0.3 is 4.74 Å². The van der Waals surface area contributed by atoms with Crippen molar-refractivity contribution in [2.24, 2.45) is 0 Å². The summed E-state index contributed by atoms with van der Waals surface area (Å²) >= 11 is 0. The normalized spacial score (nSPS) is 18.8. The fourth-order valence-corrected chi connectivity index (χ4v) is 2.74. The number of likely N-dealkylation sites (tertiary alicyclic amines) is 1. The van der Waals surface area contributed by atoms with E-state index >= 15 is 0 Å². The second kappa shape index (κ2) is 7.66. The first-order valence-corrected chi connectivity index (χ1v) is 7.28. The van der Waals surface area contributed by atoms with Crippen molar-refractivity contribution in [3.63, 3.8) is 0 Å². The number of ether oxygens (including phenoxy) is 1. The lowest BCUT2D eigenvalue weighted by Crippen LogP contribution is -2.24. The summed E-state index contributed by atoms with van der Waals surface area (Å²) in [5.74, 6) is 2.38. The monoisotopic (exact) mass is 283 g/mol. The molecule has 0 saturated carbocycles. The highest BCUT2D eigenvalue weighted by atomic mass is 16.5. The van der Waals surface area contributed by atoms with Crippen LogP contribution in [0.4, 0.5) is 0 Å². The van der Waals surface area contributed by atoms with E-state index in [1.807, 2.05) is 12.1 Å². The zero-order valence-electron chi connectivity index (χ0n) is 12.4. The van der Waals surface area contributed by atoms with E-state index in [9.17, 15) is 4.79 Å². The van der Waals surface area contributed by atoms with Gasteiger partial charge in [-0.3, -0.25) is 4.90 Å². The standard InChI is InChI=1S/C18H21NO2/c1-3-4-13-19-14-5-6-17(19)16-10-7-15(8-11-16)9-12-18(20)21-2/h1,7-12,17H,4-6,13-14H2,2H3. The van der Waals surface area contributed by atoms with Crippen LogP contribution in [0.2, 0.25) is 0 Å². The number of carbonyl (C=O) groups is 1. The molecule has 0 amide bonds. The van der Waals surface area contributed by atoms with Gasteiger partial charge in [-0.05, 0) is 36.6 Å². The van der Waals surface area contributed by atoms with Crippen LogP contribution in [-0.2, 0) is 9.53 Å². The number of methoxy groups -OCH3 is 1. The molecule has 1 aromatic rings. The van der Waals surface area contributed by atoms with E-state index in [4.69, 9.17) is 6.42 Å². The van der Waals surface area contributed by atoms with E-state index in [0.29, 0.717) is 6.04 Å². The van der Waals surface area contributed by atoms with E-state index in [1.165, 1.54) is 31.6 Å². The third-order valence-corrected chi connectivity index (χ3v) is 3.84. The lowest BCUT2D eigenvalue weighted by Gasteiger charge is -2.24. The Hall–Kier alpha value is -2.05. The molecule has 1 aliphatic heterocycles. The zero-order chi connectivity index (χ0) is 15.1. The molecule has 0 spiro atoms. The van der Waals surface area contributed by atoms with Crippen molar-refractivity contribution in [1.29, 1.82) is 0 Å². The molecule has 1 aromatic carbocycles. The van der Waals surface area contributed by atoms with Crippen LogP contribution >= 0.6 is 0 Å². The molecule has 1 atom stereocenters. The summed E-state index contributed by atoms with van der Waals surface area (Å²) in [6.45, 7) is 2.08. The number of nitrogens with zero attached hydrogens (tertiary/aromatic N) is 1. The van der Waals surface area contributed by atoms with Crippen molar-refractivity contribution in [3.8, 4) is 12.3 Å². The number of terminal acetylenes is 1. The topological polar surface area (TPSA) is 29.5 Å². The Morgan fingerprint density at radius 1 is 1.48 bits per heavy atom. The van der Waals surface area contributed by atoms with E-state index in [0.717, 1.165) is 25.1 Å². The summed E-state index contributed by atoms with van der Waals surface area (Å²) in [7, 11) is 1.38. The van der Waals surface area contributed by atoms with Crippen LogP contribution in [0, 0.1) is 12.3 Å². The van der Waals surface area contributed by atoms with E-state index in [2.05, 4.69) is 27.7 Å². The Morgan fingerprint density at radius 2 is 2.24 bits per heavy atom. The van der Waals surface area contributed by atoms with E-state index in [1.54, 1.807) is 6.08 Å². The number of esters is 1. The molecule has 0 N–H and O–H groups in total. The predicted molar refractivity (Wildman–Crippen MR) is 84.5 cm³/mol. The van der Waals surface area contributed by atoms with Crippen LogP contribution in [-0.4, -0.2) is 31.1 Å². The fourth-order valence-electron chi connectivity index (χ4n) is 2.74. The molecule has 0 radical (unpaired) electrons. The Kier molecular flexibility index (Phi) is 5.59. The Balaban J connectivity index is 2.03. The van der Waals surface area contributed by atoms with Gasteiger partial charge in [-0.1, -0.05) is 24.3 Å². The maximum absolute atomic E-state index is 11.1. The van der Waals surface area contributed by atoms with Gasteiger partial charge >= 0.3 is 5.97 Å². The molecule has 0 aliphatic carbocycles. The molecule has 1 heterocycles. The number of hydrogen-bond donors (Lipinski definition) is 0. The lowest BCUT2D eigenvalue weighted by molar-refractivity contribution is -0.134. The van der Waals surface area contributed by atoms with Gasteiger partial charge in [0.05, 0.1) is 7.11 Å². The Bertz CT molecular complexity index is 539. The minimum atomic E-state index is -0.338. The highest BCUT2D eigenvalue weighted by Gasteiger charge is 2.24. The molecule has 1 unspecified atom stereocenters. The van der Waals surface area contributed by atoms with Crippen LogP contribution in [0.3, 0.4) is 0 Å². The predicted octanol–water partition coefficient (Wildman–Crippen LogP) is 3.03. The van der Waals surface area contributed by atoms with Gasteiger partial charge in [-0.25, -0.2) is 4.79 Å². The number of hydrogen-bond acceptors (Lipinski definition) is 3. The largest absolute Gasteiger partial charge is 0.466 e. The first kappa shape index (κ1) is 15.3. The summed E-state index contributed by atoms with van der Waals surface area (Å²) in [4.78, 5) is 13.5. The van der Waals surface area contributed by atoms with Gasteiger partial charge in [0.2, 0.25) is 0 Å². The average Bonchev–Trinajstić information content (AvgIpc) is 2.99. The van der Waals surface area contributed by atoms with Gasteiger partial charge in [0.25, 0.3) is 0 Å². The summed E-state index contributed by atoms with van der Waals surface area (Å²) < 4.78 is 4.58. The molecule has 2 rings (SSSR count). The van der Waals surface area contributed by atoms with Gasteiger partial charge in [-0.15, -0.1) is 12.3 Å². The Labute approximate surface area is 126 Å². The van der Waals surface area contributed by atoms with E-state index < -0.39 is 0 Å². The van der Waals surface area contributed by atoms with Crippen LogP contribution < -0.4 is 0 Å². The summed E-state index contributed by atoms with van der Waals surface area (Å²) in [6, 6.07) is 8.81. The molecule has 1 aliphatic rings. The van der Waals surface area contributed by atoms with Gasteiger partial charge in [0, 0.05) is 25.1 Å². The Morgan fingerprint density at radius 3 is 2.90 bits per heavy atom. The number of rotatable bonds is 5. The van der Waals surface area contributed by atoms with Crippen LogP contribution in [0.5, 0.6) is 0 Å². The van der Waals surface area contributed by atoms with Crippen LogP contribution in [0.15, 0.2) is 30.3 Å². The SMILES string of the molecule is C#CCCN1CCCC1c1ccc(C=CC(=O)OC)cc1. The molecule has 3 heteroatoms. The minimum Gasteiger partial charge on any atom is -0.466 e. The third kappa shape index (κ3) is 4.21. The highest BCUT2D eigenvalue weighted by Crippen LogP contribution is 2.31. The highest BCUT2D eigenvalue weighted by molar-refractivity contribution is 5.86. The molecule has 21 heavy (non-hydrogen) atoms. The quantitative estimate of drug-likeness (QED) is 0.472. The van der Waals surface area contributed by atoms with Crippen molar-refractivity contribution < 1.29 is 9.53 Å². The fraction of sp³-hybridized carbons (Fsp3) is 0.389. The summed E-state index contributed by atoms with van der Waals surface area (Å²) in [5.41, 5.74) is 2.32. The van der Waals surface area contributed by atoms with E-state index in [-0.39, 0.29) is 5.97 Å². The molecule has 0 aromatic heterocycles. The third-order valence-electron chi connectivity index (χ3n) is 3.84. The summed E-state index contributed by atoms with van der Waals surface area (Å²) in [5, 5.41) is 0. The molecular formula is C18H21NO2. The van der Waals surface area contributed by atoms with Crippen LogP contribution in [0.25, 0.3) is 6.08 Å². The summed E-state index contributed by atoms with van der Waals surface area (Å²) in [6.07, 6.45) is 11.8. The molecule has 0 bridgehead atoms. The van der Waals surface area contributed by atoms with Crippen LogP contribution in [0.1, 0.15) is 36.4 Å². The van der Waals surface area contributed by atoms with Gasteiger partial charge in [0.15, 0.2) is 0 Å². The van der Waals surface area contributed by atoms with Crippen molar-refractivity contribution in [2.45, 2.75) is 25.3 Å². The second-order valence-electron chi connectivity index (χ2n) is 5.17. The van der Waals surface area contributed by atoms with Crippen molar-refractivity contribution in [2.75, 3.05) is 20.2 Å². The average molecular weight is 283 g/mol. The first-order valence-electron chi connectivity index (χ1n) is 7.28. The molecule has 3 nitrogen and oxygen atoms in total. The van der Waals surface area contributed by atoms with Gasteiger partial charge in [0.1, 0.15) is 0 Å². The van der Waals surface area contributed by atoms with Crippen molar-refractivity contribution in [1.82, 2.24) is 4.90 Å².